The van der Waals surface area contributed by atoms with Crippen LogP contribution in [-0.4, -0.2) is 31.6 Å². The van der Waals surface area contributed by atoms with Crippen molar-refractivity contribution in [3.8, 4) is 0 Å². The normalized spacial score (nSPS) is 19.7. The Bertz CT molecular complexity index is 641. The second kappa shape index (κ2) is 6.72. The Morgan fingerprint density at radius 3 is 3.00 bits per heavy atom. The van der Waals surface area contributed by atoms with Crippen molar-refractivity contribution < 1.29 is 0 Å². The maximum absolute atomic E-state index is 6.24. The van der Waals surface area contributed by atoms with Gasteiger partial charge in [0.25, 0.3) is 0 Å². The minimum atomic E-state index is 0.372. The SMILES string of the molecule is CN(C)CCCC1=CC2=CC=CCC2Nc2ccc(Cl)cc21. The molecule has 0 bridgehead atoms. The maximum Gasteiger partial charge on any atom is 0.0548 e. The van der Waals surface area contributed by atoms with Crippen LogP contribution in [-0.2, 0) is 0 Å². The van der Waals surface area contributed by atoms with Crippen molar-refractivity contribution in [2.75, 3.05) is 26.0 Å². The quantitative estimate of drug-likeness (QED) is 0.863. The monoisotopic (exact) mass is 314 g/mol. The zero-order chi connectivity index (χ0) is 15.5. The van der Waals surface area contributed by atoms with Gasteiger partial charge < -0.3 is 10.2 Å². The van der Waals surface area contributed by atoms with E-state index >= 15 is 0 Å². The van der Waals surface area contributed by atoms with Gasteiger partial charge in [-0.1, -0.05) is 35.9 Å². The standard InChI is InChI=1S/C19H23ClN2/c1-22(2)11-5-7-14-12-15-6-3-4-8-18(15)21-19-10-9-16(20)13-17(14)19/h3-4,6,9-10,12-13,18,21H,5,7-8,11H2,1-2H3. The lowest BCUT2D eigenvalue weighted by Crippen LogP contribution is -2.21. The first-order chi connectivity index (χ1) is 10.6. The molecular formula is C19H23ClN2. The second-order valence-corrected chi connectivity index (χ2v) is 6.73. The zero-order valence-corrected chi connectivity index (χ0v) is 14.0. The third-order valence-corrected chi connectivity index (χ3v) is 4.48. The summed E-state index contributed by atoms with van der Waals surface area (Å²) in [6.07, 6.45) is 12.2. The Morgan fingerprint density at radius 2 is 2.18 bits per heavy atom. The Hall–Kier alpha value is -1.51. The maximum atomic E-state index is 6.24. The van der Waals surface area contributed by atoms with Crippen LogP contribution in [0.2, 0.25) is 5.02 Å². The van der Waals surface area contributed by atoms with Crippen molar-refractivity contribution in [3.63, 3.8) is 0 Å². The Balaban J connectivity index is 1.94. The molecule has 22 heavy (non-hydrogen) atoms. The molecule has 1 aliphatic heterocycles. The summed E-state index contributed by atoms with van der Waals surface area (Å²) < 4.78 is 0. The molecular weight excluding hydrogens is 292 g/mol. The zero-order valence-electron chi connectivity index (χ0n) is 13.3. The lowest BCUT2D eigenvalue weighted by atomic mass is 9.95. The topological polar surface area (TPSA) is 15.3 Å². The number of allylic oxidation sites excluding steroid dienone is 3. The molecule has 1 atom stereocenters. The molecule has 0 saturated carbocycles. The largest absolute Gasteiger partial charge is 0.377 e. The lowest BCUT2D eigenvalue weighted by Gasteiger charge is -2.20. The molecule has 1 heterocycles. The number of hydrogen-bond acceptors (Lipinski definition) is 2. The Kier molecular flexibility index (Phi) is 4.70. The highest BCUT2D eigenvalue weighted by Gasteiger charge is 2.21. The highest BCUT2D eigenvalue weighted by Crippen LogP contribution is 2.36. The molecule has 0 spiro atoms. The Morgan fingerprint density at radius 1 is 1.32 bits per heavy atom. The number of anilines is 1. The predicted octanol–water partition coefficient (Wildman–Crippen LogP) is 4.75. The van der Waals surface area contributed by atoms with Crippen LogP contribution >= 0.6 is 11.6 Å². The molecule has 0 fully saturated rings. The summed E-state index contributed by atoms with van der Waals surface area (Å²) in [6.45, 7) is 1.10. The van der Waals surface area contributed by atoms with E-state index in [4.69, 9.17) is 11.6 Å². The van der Waals surface area contributed by atoms with Crippen LogP contribution in [0.1, 0.15) is 24.8 Å². The highest BCUT2D eigenvalue weighted by molar-refractivity contribution is 6.30. The molecule has 3 rings (SSSR count). The Labute approximate surface area is 138 Å². The summed E-state index contributed by atoms with van der Waals surface area (Å²) in [5, 5.41) is 4.48. The van der Waals surface area contributed by atoms with E-state index < -0.39 is 0 Å². The summed E-state index contributed by atoms with van der Waals surface area (Å²) in [5.41, 5.74) is 5.20. The van der Waals surface area contributed by atoms with Gasteiger partial charge in [-0.05, 0) is 69.2 Å². The first-order valence-corrected chi connectivity index (χ1v) is 8.30. The summed E-state index contributed by atoms with van der Waals surface area (Å²) in [7, 11) is 4.25. The first kappa shape index (κ1) is 15.4. The minimum Gasteiger partial charge on any atom is -0.377 e. The molecule has 3 heteroatoms. The molecule has 116 valence electrons. The van der Waals surface area contributed by atoms with Crippen LogP contribution < -0.4 is 5.32 Å². The van der Waals surface area contributed by atoms with Gasteiger partial charge in [-0.25, -0.2) is 0 Å². The van der Waals surface area contributed by atoms with Crippen molar-refractivity contribution >= 4 is 22.9 Å². The average molecular weight is 315 g/mol. The van der Waals surface area contributed by atoms with Gasteiger partial charge >= 0.3 is 0 Å². The van der Waals surface area contributed by atoms with E-state index in [1.54, 1.807) is 0 Å². The lowest BCUT2D eigenvalue weighted by molar-refractivity contribution is 0.403. The van der Waals surface area contributed by atoms with Crippen LogP contribution in [0.3, 0.4) is 0 Å². The van der Waals surface area contributed by atoms with Gasteiger partial charge in [0.2, 0.25) is 0 Å². The van der Waals surface area contributed by atoms with Crippen LogP contribution in [0.5, 0.6) is 0 Å². The van der Waals surface area contributed by atoms with Gasteiger partial charge in [-0.2, -0.15) is 0 Å². The molecule has 2 nitrogen and oxygen atoms in total. The predicted molar refractivity (Wildman–Crippen MR) is 96.5 cm³/mol. The number of benzene rings is 1. The van der Waals surface area contributed by atoms with Gasteiger partial charge in [-0.3, -0.25) is 0 Å². The van der Waals surface area contributed by atoms with Crippen molar-refractivity contribution in [2.45, 2.75) is 25.3 Å². The van der Waals surface area contributed by atoms with Crippen molar-refractivity contribution in [3.05, 3.63) is 58.7 Å². The van der Waals surface area contributed by atoms with Crippen molar-refractivity contribution in [2.24, 2.45) is 0 Å². The number of halogens is 1. The number of rotatable bonds is 4. The molecule has 2 aliphatic rings. The first-order valence-electron chi connectivity index (χ1n) is 7.92. The molecule has 1 aromatic carbocycles. The van der Waals surface area contributed by atoms with Crippen LogP contribution in [0, 0.1) is 0 Å². The van der Waals surface area contributed by atoms with Gasteiger partial charge in [0, 0.05) is 16.3 Å². The third-order valence-electron chi connectivity index (χ3n) is 4.25. The minimum absolute atomic E-state index is 0.372. The molecule has 1 N–H and O–H groups in total. The number of nitrogens with zero attached hydrogens (tertiary/aromatic N) is 1. The van der Waals surface area contributed by atoms with E-state index in [1.165, 1.54) is 22.4 Å². The van der Waals surface area contributed by atoms with E-state index in [-0.39, 0.29) is 0 Å². The van der Waals surface area contributed by atoms with E-state index in [9.17, 15) is 0 Å². The summed E-state index contributed by atoms with van der Waals surface area (Å²) in [6, 6.07) is 6.55. The number of nitrogens with one attached hydrogen (secondary N) is 1. The molecule has 0 radical (unpaired) electrons. The number of hydrogen-bond donors (Lipinski definition) is 1. The molecule has 0 aromatic heterocycles. The smallest absolute Gasteiger partial charge is 0.0548 e. The number of fused-ring (bicyclic) bond motifs is 2. The van der Waals surface area contributed by atoms with E-state index in [1.807, 2.05) is 6.07 Å². The molecule has 1 aromatic rings. The van der Waals surface area contributed by atoms with E-state index in [0.29, 0.717) is 6.04 Å². The fraction of sp³-hybridized carbons (Fsp3) is 0.368. The molecule has 0 saturated heterocycles. The third kappa shape index (κ3) is 3.45. The molecule has 1 aliphatic carbocycles. The molecule has 1 unspecified atom stereocenters. The van der Waals surface area contributed by atoms with Crippen LogP contribution in [0.25, 0.3) is 5.57 Å². The average Bonchev–Trinajstić information content (AvgIpc) is 2.64. The van der Waals surface area contributed by atoms with Gasteiger partial charge in [0.15, 0.2) is 0 Å². The van der Waals surface area contributed by atoms with Crippen molar-refractivity contribution in [1.82, 2.24) is 4.90 Å². The summed E-state index contributed by atoms with van der Waals surface area (Å²) in [4.78, 5) is 2.24. The highest BCUT2D eigenvalue weighted by atomic mass is 35.5. The van der Waals surface area contributed by atoms with Crippen LogP contribution in [0.4, 0.5) is 5.69 Å². The second-order valence-electron chi connectivity index (χ2n) is 6.29. The van der Waals surface area contributed by atoms with E-state index in [2.05, 4.69) is 60.7 Å². The summed E-state index contributed by atoms with van der Waals surface area (Å²) in [5.74, 6) is 0. The molecule has 0 amide bonds. The van der Waals surface area contributed by atoms with Gasteiger partial charge in [0.1, 0.15) is 0 Å². The van der Waals surface area contributed by atoms with Gasteiger partial charge in [0.05, 0.1) is 6.04 Å². The van der Waals surface area contributed by atoms with Crippen LogP contribution in [0.15, 0.2) is 48.1 Å². The van der Waals surface area contributed by atoms with Gasteiger partial charge in [-0.15, -0.1) is 0 Å². The fourth-order valence-corrected chi connectivity index (χ4v) is 3.28. The fourth-order valence-electron chi connectivity index (χ4n) is 3.10. The van der Waals surface area contributed by atoms with Crippen molar-refractivity contribution in [1.29, 1.82) is 0 Å². The summed E-state index contributed by atoms with van der Waals surface area (Å²) >= 11 is 6.24. The van der Waals surface area contributed by atoms with E-state index in [0.717, 1.165) is 30.8 Å².